The Morgan fingerprint density at radius 3 is 2.51 bits per heavy atom. The molecule has 0 N–H and O–H groups in total. The highest BCUT2D eigenvalue weighted by Gasteiger charge is 2.48. The fourth-order valence-corrected chi connectivity index (χ4v) is 6.23. The standard InChI is InChI=1S/C26H26F3N6OS/c27-26(28,29)23-16-22(19-5-2-1-3-6-19)30-25(31-23)32-8-10-34(11-9-32)35-13-4-7-21(35)15-20(17-35)24(36)33-12-14-37-18-33/h1-7,13,15-16H,8-12,14,17-18H2/q+1/t35-/m1/s1. The minimum absolute atomic E-state index is 0.0861. The van der Waals surface area contributed by atoms with Crippen LogP contribution in [-0.2, 0) is 11.0 Å². The number of nitrogens with zero attached hydrogens (tertiary/aromatic N) is 6. The van der Waals surface area contributed by atoms with Crippen molar-refractivity contribution in [3.8, 4) is 11.3 Å². The van der Waals surface area contributed by atoms with Crippen LogP contribution in [0, 0.1) is 0 Å². The van der Waals surface area contributed by atoms with Gasteiger partial charge in [0, 0.05) is 43.1 Å². The number of thioether (sulfide) groups is 1. The van der Waals surface area contributed by atoms with Gasteiger partial charge in [-0.05, 0) is 12.1 Å². The summed E-state index contributed by atoms with van der Waals surface area (Å²) >= 11 is 1.76. The van der Waals surface area contributed by atoms with E-state index in [2.05, 4.69) is 21.2 Å². The predicted octanol–water partition coefficient (Wildman–Crippen LogP) is 3.90. The third-order valence-electron chi connectivity index (χ3n) is 7.21. The third-order valence-corrected chi connectivity index (χ3v) is 8.18. The van der Waals surface area contributed by atoms with Gasteiger partial charge in [0.2, 0.25) is 5.95 Å². The minimum Gasteiger partial charge on any atom is -0.338 e. The highest BCUT2D eigenvalue weighted by Crippen LogP contribution is 2.38. The number of rotatable bonds is 4. The molecule has 4 aliphatic rings. The normalized spacial score (nSPS) is 23.9. The van der Waals surface area contributed by atoms with Crippen LogP contribution in [-0.4, -0.2) is 81.3 Å². The van der Waals surface area contributed by atoms with E-state index >= 15 is 0 Å². The van der Waals surface area contributed by atoms with Gasteiger partial charge in [0.1, 0.15) is 12.7 Å². The number of carbonyl (C=O) groups is 1. The van der Waals surface area contributed by atoms with Gasteiger partial charge in [0.15, 0.2) is 11.4 Å². The fraction of sp³-hybridized carbons (Fsp3) is 0.346. The van der Waals surface area contributed by atoms with Gasteiger partial charge in [-0.1, -0.05) is 30.3 Å². The number of halogens is 3. The van der Waals surface area contributed by atoms with Gasteiger partial charge >= 0.3 is 6.18 Å². The third kappa shape index (κ3) is 4.45. The monoisotopic (exact) mass is 527 g/mol. The number of carbonyl (C=O) groups excluding carboxylic acids is 1. The molecule has 4 aliphatic heterocycles. The molecule has 2 saturated heterocycles. The molecule has 37 heavy (non-hydrogen) atoms. The molecule has 11 heteroatoms. The van der Waals surface area contributed by atoms with Crippen molar-refractivity contribution in [2.45, 2.75) is 6.18 Å². The van der Waals surface area contributed by atoms with Crippen molar-refractivity contribution in [1.29, 1.82) is 0 Å². The number of amides is 1. The zero-order valence-corrected chi connectivity index (χ0v) is 20.9. The summed E-state index contributed by atoms with van der Waals surface area (Å²) in [6, 6.07) is 9.86. The van der Waals surface area contributed by atoms with Gasteiger partial charge in [0.05, 0.1) is 30.2 Å². The highest BCUT2D eigenvalue weighted by molar-refractivity contribution is 7.99. The first kappa shape index (κ1) is 24.2. The van der Waals surface area contributed by atoms with Crippen molar-refractivity contribution in [2.75, 3.05) is 55.8 Å². The molecule has 192 valence electrons. The van der Waals surface area contributed by atoms with Gasteiger partial charge < -0.3 is 9.80 Å². The van der Waals surface area contributed by atoms with E-state index < -0.39 is 11.9 Å². The maximum atomic E-state index is 13.7. The van der Waals surface area contributed by atoms with E-state index in [1.54, 1.807) is 36.0 Å². The molecule has 0 bridgehead atoms. The molecular weight excluding hydrogens is 501 g/mol. The summed E-state index contributed by atoms with van der Waals surface area (Å²) in [7, 11) is 0. The summed E-state index contributed by atoms with van der Waals surface area (Å²) in [5, 5.41) is 2.27. The molecule has 0 spiro atoms. The van der Waals surface area contributed by atoms with E-state index in [-0.39, 0.29) is 17.5 Å². The average molecular weight is 528 g/mol. The number of aromatic nitrogens is 2. The van der Waals surface area contributed by atoms with Crippen LogP contribution < -0.4 is 4.90 Å². The first-order chi connectivity index (χ1) is 17.8. The lowest BCUT2D eigenvalue weighted by Crippen LogP contribution is -2.60. The molecule has 1 aromatic heterocycles. The lowest BCUT2D eigenvalue weighted by molar-refractivity contribution is -0.948. The predicted molar refractivity (Wildman–Crippen MR) is 136 cm³/mol. The Labute approximate surface area is 217 Å². The first-order valence-electron chi connectivity index (χ1n) is 12.2. The first-order valence-corrected chi connectivity index (χ1v) is 13.4. The van der Waals surface area contributed by atoms with Crippen molar-refractivity contribution in [3.63, 3.8) is 0 Å². The van der Waals surface area contributed by atoms with Gasteiger partial charge in [-0.15, -0.1) is 16.8 Å². The highest BCUT2D eigenvalue weighted by atomic mass is 32.2. The lowest BCUT2D eigenvalue weighted by Gasteiger charge is -2.43. The summed E-state index contributed by atoms with van der Waals surface area (Å²) in [4.78, 5) is 25.2. The van der Waals surface area contributed by atoms with Crippen molar-refractivity contribution in [3.05, 3.63) is 77.8 Å². The average Bonchev–Trinajstić information content (AvgIpc) is 3.65. The fourth-order valence-electron chi connectivity index (χ4n) is 5.28. The van der Waals surface area contributed by atoms with Crippen molar-refractivity contribution >= 4 is 23.6 Å². The molecule has 2 fully saturated rings. The number of anilines is 1. The number of alkyl halides is 3. The Morgan fingerprint density at radius 2 is 1.81 bits per heavy atom. The number of allylic oxidation sites excluding steroid dienone is 3. The summed E-state index contributed by atoms with van der Waals surface area (Å²) in [5.41, 5.74) is 1.77. The Hall–Kier alpha value is -3.15. The SMILES string of the molecule is O=C(C1=CC2=CC=C[N@@+]2(N2CCN(c3nc(-c4ccccc4)cc(C(F)(F)F)n3)CC2)C1)N1CCSC1. The molecular formula is C26H26F3N6OS+. The largest absolute Gasteiger partial charge is 0.433 e. The zero-order chi connectivity index (χ0) is 25.6. The molecule has 0 radical (unpaired) electrons. The second-order valence-corrected chi connectivity index (χ2v) is 10.5. The number of hydrogen-bond acceptors (Lipinski definition) is 6. The van der Waals surface area contributed by atoms with E-state index in [0.717, 1.165) is 35.5 Å². The van der Waals surface area contributed by atoms with Crippen molar-refractivity contribution < 1.29 is 22.6 Å². The van der Waals surface area contributed by atoms with E-state index in [9.17, 15) is 18.0 Å². The lowest BCUT2D eigenvalue weighted by atomic mass is 10.1. The van der Waals surface area contributed by atoms with Gasteiger partial charge in [-0.25, -0.2) is 9.97 Å². The molecule has 7 nitrogen and oxygen atoms in total. The second-order valence-electron chi connectivity index (χ2n) is 9.44. The van der Waals surface area contributed by atoms with E-state index in [0.29, 0.717) is 42.9 Å². The Kier molecular flexibility index (Phi) is 6.09. The molecule has 6 rings (SSSR count). The zero-order valence-electron chi connectivity index (χ0n) is 20.1. The number of fused-ring (bicyclic) bond motifs is 1. The smallest absolute Gasteiger partial charge is 0.338 e. The van der Waals surface area contributed by atoms with E-state index in [1.165, 1.54) is 0 Å². The number of quaternary nitrogens is 1. The van der Waals surface area contributed by atoms with E-state index in [4.69, 9.17) is 0 Å². The Balaban J connectivity index is 1.21. The molecule has 2 aromatic rings. The van der Waals surface area contributed by atoms with Gasteiger partial charge in [0.25, 0.3) is 5.91 Å². The van der Waals surface area contributed by atoms with Crippen LogP contribution >= 0.6 is 11.8 Å². The second kappa shape index (κ2) is 9.30. The van der Waals surface area contributed by atoms with E-state index in [1.807, 2.05) is 34.1 Å². The van der Waals surface area contributed by atoms with Crippen molar-refractivity contribution in [1.82, 2.24) is 19.9 Å². The summed E-state index contributed by atoms with van der Waals surface area (Å²) in [6.07, 6.45) is 3.56. The number of benzene rings is 1. The summed E-state index contributed by atoms with van der Waals surface area (Å²) < 4.78 is 41.5. The molecule has 1 aromatic carbocycles. The molecule has 0 saturated carbocycles. The molecule has 0 aliphatic carbocycles. The quantitative estimate of drug-likeness (QED) is 0.563. The van der Waals surface area contributed by atoms with Crippen molar-refractivity contribution in [2.24, 2.45) is 0 Å². The Bertz CT molecular complexity index is 1300. The molecule has 5 heterocycles. The summed E-state index contributed by atoms with van der Waals surface area (Å²) in [5.74, 6) is 1.87. The Morgan fingerprint density at radius 1 is 1.03 bits per heavy atom. The molecule has 1 atom stereocenters. The molecule has 1 amide bonds. The number of hydrogen-bond donors (Lipinski definition) is 0. The minimum atomic E-state index is -4.57. The van der Waals surface area contributed by atoms with Gasteiger partial charge in [-0.2, -0.15) is 17.8 Å². The summed E-state index contributed by atoms with van der Waals surface area (Å²) in [6.45, 7) is 3.47. The van der Waals surface area contributed by atoms with Crippen LogP contribution in [0.25, 0.3) is 11.3 Å². The van der Waals surface area contributed by atoms with Crippen LogP contribution in [0.1, 0.15) is 5.69 Å². The van der Waals surface area contributed by atoms with Crippen LogP contribution in [0.4, 0.5) is 19.1 Å². The van der Waals surface area contributed by atoms with Crippen LogP contribution in [0.3, 0.4) is 0 Å². The van der Waals surface area contributed by atoms with Crippen LogP contribution in [0.15, 0.2) is 72.1 Å². The van der Waals surface area contributed by atoms with Crippen LogP contribution in [0.2, 0.25) is 0 Å². The number of piperazine rings is 1. The van der Waals surface area contributed by atoms with Crippen LogP contribution in [0.5, 0.6) is 0 Å². The van der Waals surface area contributed by atoms with Gasteiger partial charge in [-0.3, -0.25) is 4.79 Å². The maximum absolute atomic E-state index is 13.7. The maximum Gasteiger partial charge on any atom is 0.433 e. The topological polar surface area (TPSA) is 52.6 Å². The molecule has 0 unspecified atom stereocenters.